The van der Waals surface area contributed by atoms with E-state index in [1.807, 2.05) is 0 Å². The number of azo groups is 3. The molecule has 6 rings (SSSR count). The highest BCUT2D eigenvalue weighted by molar-refractivity contribution is 7.85. The number of hydrogen-bond donors (Lipinski definition) is 6. The summed E-state index contributed by atoms with van der Waals surface area (Å²) in [5.41, 5.74) is 15.4. The Kier molecular flexibility index (Phi) is 9.94. The molecule has 0 saturated heterocycles. The Hall–Kier alpha value is -7.37. The first kappa shape index (κ1) is 35.5. The molecule has 0 fully saturated rings. The van der Waals surface area contributed by atoms with E-state index in [4.69, 9.17) is 16.6 Å². The first-order valence-corrected chi connectivity index (χ1v) is 16.8. The van der Waals surface area contributed by atoms with Gasteiger partial charge in [0.25, 0.3) is 16.0 Å². The number of carbonyl (C=O) groups is 2. The molecule has 0 radical (unpaired) electrons. The number of hydrogen-bond acceptors (Lipinski definition) is 13. The Bertz CT molecular complexity index is 2590. The van der Waals surface area contributed by atoms with E-state index in [0.29, 0.717) is 39.1 Å². The number of aromatic carboxylic acids is 1. The summed E-state index contributed by atoms with van der Waals surface area (Å²) < 4.78 is 32.1. The molecule has 0 atom stereocenters. The van der Waals surface area contributed by atoms with Gasteiger partial charge in [0.05, 0.1) is 39.0 Å². The summed E-state index contributed by atoms with van der Waals surface area (Å²) in [6.07, 6.45) is 0. The monoisotopic (exact) mass is 729 g/mol. The van der Waals surface area contributed by atoms with Gasteiger partial charge in [0.1, 0.15) is 22.7 Å². The fourth-order valence-electron chi connectivity index (χ4n) is 4.84. The van der Waals surface area contributed by atoms with Crippen molar-refractivity contribution in [3.8, 4) is 5.75 Å². The number of nitrogen functional groups attached to an aromatic ring is 2. The predicted molar refractivity (Wildman–Crippen MR) is 197 cm³/mol. The SMILES string of the molecule is Nc1ccc(N=Nc2ccc(C(=O)Nc3ccc4cc(S(=O)(=O)O)ccc4c3)cc2)c(N)c1N=Nc1ccc(N=Nc2ccc(O)c(C(=O)O)c2)cc1. The molecule has 0 aromatic heterocycles. The molecule has 6 aromatic rings. The lowest BCUT2D eigenvalue weighted by atomic mass is 10.1. The maximum absolute atomic E-state index is 12.9. The minimum atomic E-state index is -4.33. The van der Waals surface area contributed by atoms with Crippen molar-refractivity contribution in [2.75, 3.05) is 16.8 Å². The van der Waals surface area contributed by atoms with E-state index >= 15 is 0 Å². The quantitative estimate of drug-likeness (QED) is 0.0445. The summed E-state index contributed by atoms with van der Waals surface area (Å²) in [5, 5.41) is 47.8. The van der Waals surface area contributed by atoms with Crippen LogP contribution in [0.3, 0.4) is 0 Å². The maximum atomic E-state index is 12.9. The van der Waals surface area contributed by atoms with Crippen LogP contribution in [0.25, 0.3) is 10.8 Å². The van der Waals surface area contributed by atoms with Crippen LogP contribution in [0.1, 0.15) is 20.7 Å². The third-order valence-corrected chi connectivity index (χ3v) is 8.45. The van der Waals surface area contributed by atoms with E-state index < -0.39 is 16.1 Å². The molecule has 0 unspecified atom stereocenters. The summed E-state index contributed by atoms with van der Waals surface area (Å²) in [7, 11) is -4.33. The highest BCUT2D eigenvalue weighted by Gasteiger charge is 2.13. The third-order valence-electron chi connectivity index (χ3n) is 7.60. The molecular formula is C36H27N9O7S. The topological polar surface area (TPSA) is 267 Å². The molecule has 0 saturated carbocycles. The first-order chi connectivity index (χ1) is 25.3. The third kappa shape index (κ3) is 8.51. The van der Waals surface area contributed by atoms with Crippen LogP contribution < -0.4 is 16.8 Å². The van der Waals surface area contributed by atoms with E-state index in [0.717, 1.165) is 0 Å². The highest BCUT2D eigenvalue weighted by atomic mass is 32.2. The number of carbonyl (C=O) groups excluding carboxylic acids is 1. The second-order valence-electron chi connectivity index (χ2n) is 11.3. The minimum Gasteiger partial charge on any atom is -0.507 e. The van der Waals surface area contributed by atoms with E-state index in [-0.39, 0.29) is 50.6 Å². The fraction of sp³-hybridized carbons (Fsp3) is 0. The van der Waals surface area contributed by atoms with Gasteiger partial charge in [-0.2, -0.15) is 28.9 Å². The van der Waals surface area contributed by atoms with Crippen molar-refractivity contribution in [2.45, 2.75) is 4.90 Å². The van der Waals surface area contributed by atoms with E-state index in [1.54, 1.807) is 78.9 Å². The summed E-state index contributed by atoms with van der Waals surface area (Å²) in [4.78, 5) is 23.9. The number of aromatic hydroxyl groups is 1. The van der Waals surface area contributed by atoms with Crippen molar-refractivity contribution in [3.63, 3.8) is 0 Å². The molecule has 0 aliphatic heterocycles. The van der Waals surface area contributed by atoms with Gasteiger partial charge in [0.15, 0.2) is 0 Å². The van der Waals surface area contributed by atoms with Crippen LogP contribution in [0.5, 0.6) is 5.75 Å². The molecule has 0 bridgehead atoms. The maximum Gasteiger partial charge on any atom is 0.339 e. The number of nitrogens with one attached hydrogen (secondary N) is 1. The number of phenols is 1. The van der Waals surface area contributed by atoms with Crippen LogP contribution in [0, 0.1) is 0 Å². The second kappa shape index (κ2) is 14.9. The standard InChI is InChI=1S/C36H27N9O7S/c37-30-14-15-31(33(38)34(30)45-42-25-10-8-24(9-11-25)40-43-27-12-16-32(46)29(19-27)36(48)49)44-41-23-5-1-20(2-6-23)35(47)39-26-7-3-22-18-28(53(50,51)52)13-4-21(22)17-26/h1-19,46H,37-38H2,(H,39,47)(H,48,49)(H,50,51,52). The Balaban J connectivity index is 1.09. The van der Waals surface area contributed by atoms with Crippen molar-refractivity contribution in [1.29, 1.82) is 0 Å². The number of amides is 1. The number of fused-ring (bicyclic) bond motifs is 1. The summed E-state index contributed by atoms with van der Waals surface area (Å²) in [6, 6.07) is 29.0. The van der Waals surface area contributed by atoms with Gasteiger partial charge in [-0.15, -0.1) is 10.2 Å². The van der Waals surface area contributed by atoms with Gasteiger partial charge in [-0.05, 0) is 114 Å². The van der Waals surface area contributed by atoms with Crippen LogP contribution in [-0.2, 0) is 10.1 Å². The zero-order valence-electron chi connectivity index (χ0n) is 27.2. The van der Waals surface area contributed by atoms with Crippen molar-refractivity contribution in [3.05, 3.63) is 126 Å². The number of carboxylic acids is 1. The summed E-state index contributed by atoms with van der Waals surface area (Å²) in [6.45, 7) is 0. The van der Waals surface area contributed by atoms with Gasteiger partial charge >= 0.3 is 5.97 Å². The average Bonchev–Trinajstić information content (AvgIpc) is 3.14. The number of nitrogens with zero attached hydrogens (tertiary/aromatic N) is 6. The van der Waals surface area contributed by atoms with Crippen molar-refractivity contribution in [1.82, 2.24) is 0 Å². The van der Waals surface area contributed by atoms with Crippen LogP contribution >= 0.6 is 0 Å². The zero-order chi connectivity index (χ0) is 37.7. The van der Waals surface area contributed by atoms with Crippen LogP contribution in [-0.4, -0.2) is 35.1 Å². The van der Waals surface area contributed by atoms with Crippen molar-refractivity contribution >= 4 is 84.0 Å². The molecule has 17 heteroatoms. The normalized spacial score (nSPS) is 11.9. The van der Waals surface area contributed by atoms with E-state index in [2.05, 4.69) is 36.0 Å². The molecule has 8 N–H and O–H groups in total. The highest BCUT2D eigenvalue weighted by Crippen LogP contribution is 2.39. The predicted octanol–water partition coefficient (Wildman–Crippen LogP) is 9.15. The average molecular weight is 730 g/mol. The molecule has 6 aromatic carbocycles. The van der Waals surface area contributed by atoms with Gasteiger partial charge < -0.3 is 27.0 Å². The van der Waals surface area contributed by atoms with Crippen molar-refractivity contribution in [2.24, 2.45) is 30.7 Å². The lowest BCUT2D eigenvalue weighted by molar-refractivity contribution is 0.0693. The second-order valence-corrected chi connectivity index (χ2v) is 12.7. The molecule has 0 spiro atoms. The molecule has 16 nitrogen and oxygen atoms in total. The molecule has 0 heterocycles. The van der Waals surface area contributed by atoms with Crippen LogP contribution in [0.15, 0.2) is 151 Å². The van der Waals surface area contributed by atoms with Gasteiger partial charge in [0, 0.05) is 11.3 Å². The Labute approximate surface area is 300 Å². The Morgan fingerprint density at radius 3 is 1.85 bits per heavy atom. The van der Waals surface area contributed by atoms with Gasteiger partial charge in [-0.25, -0.2) is 4.79 Å². The number of anilines is 3. The number of nitrogens with two attached hydrogens (primary N) is 2. The summed E-state index contributed by atoms with van der Waals surface area (Å²) >= 11 is 0. The lowest BCUT2D eigenvalue weighted by Gasteiger charge is -2.08. The smallest absolute Gasteiger partial charge is 0.339 e. The summed E-state index contributed by atoms with van der Waals surface area (Å²) in [5.74, 6) is -2.05. The fourth-order valence-corrected chi connectivity index (χ4v) is 5.35. The molecule has 264 valence electrons. The first-order valence-electron chi connectivity index (χ1n) is 15.4. The number of benzene rings is 6. The lowest BCUT2D eigenvalue weighted by Crippen LogP contribution is -2.11. The van der Waals surface area contributed by atoms with E-state index in [9.17, 15) is 27.7 Å². The Morgan fingerprint density at radius 1 is 0.623 bits per heavy atom. The minimum absolute atomic E-state index is 0.137. The number of rotatable bonds is 10. The van der Waals surface area contributed by atoms with Crippen LogP contribution in [0.2, 0.25) is 0 Å². The molecular weight excluding hydrogens is 703 g/mol. The van der Waals surface area contributed by atoms with Gasteiger partial charge in [0.2, 0.25) is 0 Å². The molecule has 0 aliphatic rings. The largest absolute Gasteiger partial charge is 0.507 e. The van der Waals surface area contributed by atoms with Gasteiger partial charge in [-0.1, -0.05) is 12.1 Å². The van der Waals surface area contributed by atoms with Crippen molar-refractivity contribution < 1.29 is 32.8 Å². The number of carboxylic acid groups (broad SMARTS) is 1. The molecule has 1 amide bonds. The van der Waals surface area contributed by atoms with E-state index in [1.165, 1.54) is 36.4 Å². The molecule has 0 aliphatic carbocycles. The van der Waals surface area contributed by atoms with Gasteiger partial charge in [-0.3, -0.25) is 9.35 Å². The Morgan fingerprint density at radius 2 is 1.19 bits per heavy atom. The van der Waals surface area contributed by atoms with Crippen LogP contribution in [0.4, 0.5) is 51.2 Å². The molecule has 53 heavy (non-hydrogen) atoms. The zero-order valence-corrected chi connectivity index (χ0v) is 28.0.